The van der Waals surface area contributed by atoms with Gasteiger partial charge in [0.05, 0.1) is 0 Å². The fourth-order valence-electron chi connectivity index (χ4n) is 6.28. The van der Waals surface area contributed by atoms with Gasteiger partial charge in [0.25, 0.3) is 0 Å². The molecule has 0 aromatic heterocycles. The monoisotopic (exact) mass is 400 g/mol. The Morgan fingerprint density at radius 3 is 1.89 bits per heavy atom. The van der Waals surface area contributed by atoms with E-state index in [0.717, 1.165) is 17.0 Å². The second kappa shape index (κ2) is 8.95. The minimum Gasteiger partial charge on any atom is -0.359 e. The quantitative estimate of drug-likeness (QED) is 0.497. The summed E-state index contributed by atoms with van der Waals surface area (Å²) in [7, 11) is 4.73. The van der Waals surface area contributed by atoms with Gasteiger partial charge in [0.15, 0.2) is 0 Å². The van der Waals surface area contributed by atoms with E-state index in [1.165, 1.54) is 88.7 Å². The molecule has 1 aliphatic heterocycles. The van der Waals surface area contributed by atoms with Crippen LogP contribution in [0.1, 0.15) is 78.1 Å². The van der Waals surface area contributed by atoms with Crippen molar-refractivity contribution < 1.29 is 0 Å². The van der Waals surface area contributed by atoms with Crippen LogP contribution in [0.4, 0.5) is 0 Å². The molecule has 0 N–H and O–H groups in total. The molecule has 28 heavy (non-hydrogen) atoms. The number of allylic oxidation sites excluding steroid dienone is 5. The van der Waals surface area contributed by atoms with Crippen LogP contribution < -0.4 is 0 Å². The van der Waals surface area contributed by atoms with Gasteiger partial charge >= 0.3 is 0 Å². The van der Waals surface area contributed by atoms with E-state index in [1.54, 1.807) is 11.1 Å². The zero-order chi connectivity index (χ0) is 19.7. The minimum absolute atomic E-state index is 0.128. The molecule has 3 saturated carbocycles. The molecule has 4 rings (SSSR count). The summed E-state index contributed by atoms with van der Waals surface area (Å²) in [5, 5.41) is 0. The number of likely N-dealkylation sites (N-methyl/N-ethyl adjacent to an activating group) is 2. The van der Waals surface area contributed by atoms with Gasteiger partial charge in [0.2, 0.25) is 0 Å². The Hall–Kier alpha value is -0.750. The SMILES string of the molecule is CC(C)=CC=C1C(=C2N(C)CCN2C)CCC1P(C1CCCC1)C1CCCC1. The standard InChI is InChI=1S/C25H41N2P/c1-19(2)13-14-22-23(25-26(3)17-18-27(25)4)15-16-24(22)28(20-9-5-6-10-20)21-11-7-8-12-21/h13-14,20-21,24H,5-12,15-18H2,1-4H3. The number of hydrogen-bond acceptors (Lipinski definition) is 2. The zero-order valence-electron chi connectivity index (χ0n) is 18.7. The highest BCUT2D eigenvalue weighted by Crippen LogP contribution is 2.65. The molecule has 156 valence electrons. The lowest BCUT2D eigenvalue weighted by Gasteiger charge is -2.36. The van der Waals surface area contributed by atoms with Gasteiger partial charge < -0.3 is 9.80 Å². The molecule has 2 nitrogen and oxygen atoms in total. The molecule has 0 bridgehead atoms. The zero-order valence-corrected chi connectivity index (χ0v) is 19.6. The molecule has 0 aromatic rings. The first-order valence-electron chi connectivity index (χ1n) is 11.8. The highest BCUT2D eigenvalue weighted by atomic mass is 31.1. The van der Waals surface area contributed by atoms with E-state index in [1.807, 2.05) is 0 Å². The first-order chi connectivity index (χ1) is 13.6. The summed E-state index contributed by atoms with van der Waals surface area (Å²) in [5.74, 6) is 1.53. The van der Waals surface area contributed by atoms with Crippen molar-refractivity contribution in [1.29, 1.82) is 0 Å². The Morgan fingerprint density at radius 1 is 0.857 bits per heavy atom. The number of nitrogens with zero attached hydrogens (tertiary/aromatic N) is 2. The molecule has 3 aliphatic carbocycles. The lowest BCUT2D eigenvalue weighted by atomic mass is 10.1. The summed E-state index contributed by atoms with van der Waals surface area (Å²) in [6, 6.07) is 0. The lowest BCUT2D eigenvalue weighted by Crippen LogP contribution is -2.22. The van der Waals surface area contributed by atoms with Crippen LogP contribution >= 0.6 is 7.92 Å². The van der Waals surface area contributed by atoms with Crippen molar-refractivity contribution in [2.45, 2.75) is 95.0 Å². The van der Waals surface area contributed by atoms with Gasteiger partial charge in [-0.25, -0.2) is 0 Å². The highest BCUT2D eigenvalue weighted by molar-refractivity contribution is 7.60. The maximum Gasteiger partial charge on any atom is 0.107 e. The van der Waals surface area contributed by atoms with E-state index >= 15 is 0 Å². The average Bonchev–Trinajstić information content (AvgIpc) is 3.44. The summed E-state index contributed by atoms with van der Waals surface area (Å²) < 4.78 is 0. The van der Waals surface area contributed by atoms with Crippen LogP contribution in [0, 0.1) is 0 Å². The first kappa shape index (κ1) is 20.5. The molecule has 3 heteroatoms. The van der Waals surface area contributed by atoms with E-state index < -0.39 is 0 Å². The first-order valence-corrected chi connectivity index (χ1v) is 13.4. The molecule has 4 aliphatic rings. The summed E-state index contributed by atoms with van der Waals surface area (Å²) in [6.07, 6.45) is 19.8. The van der Waals surface area contributed by atoms with Crippen molar-refractivity contribution >= 4 is 7.92 Å². The second-order valence-electron chi connectivity index (χ2n) is 9.89. The molecule has 0 amide bonds. The van der Waals surface area contributed by atoms with Crippen LogP contribution in [0.3, 0.4) is 0 Å². The van der Waals surface area contributed by atoms with Crippen LogP contribution in [0.5, 0.6) is 0 Å². The summed E-state index contributed by atoms with van der Waals surface area (Å²) in [6.45, 7) is 6.85. The van der Waals surface area contributed by atoms with Crippen molar-refractivity contribution in [3.63, 3.8) is 0 Å². The highest BCUT2D eigenvalue weighted by Gasteiger charge is 2.43. The third kappa shape index (κ3) is 4.09. The number of hydrogen-bond donors (Lipinski definition) is 0. The molecule has 1 unspecified atom stereocenters. The Balaban J connectivity index is 1.72. The summed E-state index contributed by atoms with van der Waals surface area (Å²) >= 11 is 0. The molecule has 0 radical (unpaired) electrons. The van der Waals surface area contributed by atoms with Gasteiger partial charge in [-0.2, -0.15) is 0 Å². The van der Waals surface area contributed by atoms with E-state index in [0.29, 0.717) is 0 Å². The normalized spacial score (nSPS) is 28.6. The molecular formula is C25H41N2P. The van der Waals surface area contributed by atoms with Gasteiger partial charge in [-0.15, -0.1) is 0 Å². The van der Waals surface area contributed by atoms with E-state index in [4.69, 9.17) is 0 Å². The lowest BCUT2D eigenvalue weighted by molar-refractivity contribution is 0.415. The van der Waals surface area contributed by atoms with Crippen molar-refractivity contribution in [3.05, 3.63) is 34.7 Å². The van der Waals surface area contributed by atoms with Gasteiger partial charge in [0.1, 0.15) is 5.82 Å². The third-order valence-corrected chi connectivity index (χ3v) is 11.6. The third-order valence-electron chi connectivity index (χ3n) is 7.59. The predicted octanol–water partition coefficient (Wildman–Crippen LogP) is 6.50. The van der Waals surface area contributed by atoms with E-state index in [-0.39, 0.29) is 7.92 Å². The van der Waals surface area contributed by atoms with Gasteiger partial charge in [-0.3, -0.25) is 0 Å². The van der Waals surface area contributed by atoms with Crippen molar-refractivity contribution in [3.8, 4) is 0 Å². The van der Waals surface area contributed by atoms with Crippen LogP contribution in [0.25, 0.3) is 0 Å². The molecule has 0 aromatic carbocycles. The molecule has 4 fully saturated rings. The van der Waals surface area contributed by atoms with Crippen molar-refractivity contribution in [2.75, 3.05) is 27.2 Å². The minimum atomic E-state index is 0.128. The van der Waals surface area contributed by atoms with Crippen molar-refractivity contribution in [1.82, 2.24) is 9.80 Å². The topological polar surface area (TPSA) is 6.48 Å². The van der Waals surface area contributed by atoms with Crippen LogP contribution in [-0.2, 0) is 0 Å². The maximum absolute atomic E-state index is 2.55. The maximum atomic E-state index is 2.55. The molecule has 0 spiro atoms. The van der Waals surface area contributed by atoms with Gasteiger partial charge in [-0.1, -0.05) is 51.3 Å². The fraction of sp³-hybridized carbons (Fsp3) is 0.760. The Kier molecular flexibility index (Phi) is 6.56. The Labute approximate surface area is 174 Å². The Bertz CT molecular complexity index is 617. The summed E-state index contributed by atoms with van der Waals surface area (Å²) in [4.78, 5) is 5.03. The van der Waals surface area contributed by atoms with Crippen LogP contribution in [0.2, 0.25) is 0 Å². The van der Waals surface area contributed by atoms with Gasteiger partial charge in [0, 0.05) is 32.8 Å². The van der Waals surface area contributed by atoms with Crippen LogP contribution in [0.15, 0.2) is 34.7 Å². The smallest absolute Gasteiger partial charge is 0.107 e. The summed E-state index contributed by atoms with van der Waals surface area (Å²) in [5.41, 5.74) is 7.83. The largest absolute Gasteiger partial charge is 0.359 e. The van der Waals surface area contributed by atoms with Crippen molar-refractivity contribution in [2.24, 2.45) is 0 Å². The number of rotatable bonds is 4. The fourth-order valence-corrected chi connectivity index (χ4v) is 10.8. The van der Waals surface area contributed by atoms with Crippen LogP contribution in [-0.4, -0.2) is 54.0 Å². The second-order valence-corrected chi connectivity index (χ2v) is 12.9. The van der Waals surface area contributed by atoms with E-state index in [9.17, 15) is 0 Å². The molecule has 1 heterocycles. The average molecular weight is 401 g/mol. The molecule has 1 atom stereocenters. The van der Waals surface area contributed by atoms with Gasteiger partial charge in [-0.05, 0) is 74.8 Å². The Morgan fingerprint density at radius 2 is 1.39 bits per heavy atom. The predicted molar refractivity (Wildman–Crippen MR) is 124 cm³/mol. The molecular weight excluding hydrogens is 359 g/mol. The van der Waals surface area contributed by atoms with E-state index in [2.05, 4.69) is 49.9 Å². The molecule has 1 saturated heterocycles.